The first kappa shape index (κ1) is 16.1. The lowest BCUT2D eigenvalue weighted by atomic mass is 9.76. The fourth-order valence-corrected chi connectivity index (χ4v) is 3.67. The van der Waals surface area contributed by atoms with Crippen molar-refractivity contribution in [3.8, 4) is 0 Å². The number of alkyl halides is 1. The quantitative estimate of drug-likeness (QED) is 0.633. The molecule has 0 aromatic heterocycles. The van der Waals surface area contributed by atoms with Crippen molar-refractivity contribution in [1.29, 1.82) is 0 Å². The number of ether oxygens (including phenoxy) is 1. The van der Waals surface area contributed by atoms with Crippen molar-refractivity contribution in [2.45, 2.75) is 38.0 Å². The van der Waals surface area contributed by atoms with Crippen LogP contribution in [0, 0.1) is 5.92 Å². The molecule has 1 aromatic carbocycles. The number of hydrogen-bond donors (Lipinski definition) is 0. The number of carbonyl (C=O) groups excluding carboxylic acids is 1. The monoisotopic (exact) mass is 313 g/mol. The van der Waals surface area contributed by atoms with E-state index < -0.39 is 34.7 Å². The highest BCUT2D eigenvalue weighted by Gasteiger charge is 2.45. The van der Waals surface area contributed by atoms with Gasteiger partial charge in [0.2, 0.25) is 0 Å². The second-order valence-electron chi connectivity index (χ2n) is 5.55. The number of carbonyl (C=O) groups is 1. The van der Waals surface area contributed by atoms with Gasteiger partial charge in [0.1, 0.15) is 11.8 Å². The second-order valence-corrected chi connectivity index (χ2v) is 6.49. The molecule has 4 atom stereocenters. The van der Waals surface area contributed by atoms with Gasteiger partial charge in [-0.3, -0.25) is 4.21 Å². The summed E-state index contributed by atoms with van der Waals surface area (Å²) in [6.07, 6.45) is 0.0702. The highest BCUT2D eigenvalue weighted by Crippen LogP contribution is 2.39. The van der Waals surface area contributed by atoms with Crippen molar-refractivity contribution >= 4 is 17.0 Å². The van der Waals surface area contributed by atoms with Crippen LogP contribution in [0.25, 0.3) is 0 Å². The molecule has 4 nitrogen and oxygen atoms in total. The van der Waals surface area contributed by atoms with Crippen molar-refractivity contribution < 1.29 is 22.7 Å². The van der Waals surface area contributed by atoms with Gasteiger partial charge in [0.15, 0.2) is 0 Å². The van der Waals surface area contributed by atoms with Gasteiger partial charge in [0.05, 0.1) is 5.56 Å². The van der Waals surface area contributed by atoms with E-state index >= 15 is 0 Å². The van der Waals surface area contributed by atoms with Gasteiger partial charge in [-0.2, -0.15) is 0 Å². The van der Waals surface area contributed by atoms with Crippen LogP contribution < -0.4 is 0 Å². The van der Waals surface area contributed by atoms with Crippen LogP contribution in [0.2, 0.25) is 0 Å². The summed E-state index contributed by atoms with van der Waals surface area (Å²) >= 11 is -2.37. The molecule has 1 aromatic rings. The Hall–Kier alpha value is -1.27. The van der Waals surface area contributed by atoms with Crippen LogP contribution in [-0.4, -0.2) is 32.3 Å². The number of hydrogen-bond acceptors (Lipinski definition) is 4. The lowest BCUT2D eigenvalue weighted by molar-refractivity contribution is -0.0770. The summed E-state index contributed by atoms with van der Waals surface area (Å²) in [5, 5.41) is 0. The first-order chi connectivity index (χ1) is 9.92. The predicted molar refractivity (Wildman–Crippen MR) is 76.3 cm³/mol. The molecule has 0 bridgehead atoms. The van der Waals surface area contributed by atoms with E-state index in [2.05, 4.69) is 0 Å². The molecule has 0 spiro atoms. The molecule has 1 saturated carbocycles. The van der Waals surface area contributed by atoms with Crippen LogP contribution in [0.15, 0.2) is 30.3 Å². The fourth-order valence-electron chi connectivity index (χ4n) is 2.82. The van der Waals surface area contributed by atoms with Crippen LogP contribution in [0.5, 0.6) is 0 Å². The zero-order valence-electron chi connectivity index (χ0n) is 11.8. The van der Waals surface area contributed by atoms with E-state index in [4.69, 9.17) is 4.74 Å². The van der Waals surface area contributed by atoms with Crippen molar-refractivity contribution in [1.82, 2.24) is 0 Å². The number of rotatable bonds is 4. The molecule has 0 saturated heterocycles. The highest BCUT2D eigenvalue weighted by molar-refractivity contribution is 7.79. The second kappa shape index (κ2) is 6.66. The number of benzene rings is 1. The molecular weight excluding hydrogens is 295 g/mol. The van der Waals surface area contributed by atoms with Crippen molar-refractivity contribution in [3.05, 3.63) is 35.9 Å². The molecule has 21 heavy (non-hydrogen) atoms. The molecule has 1 aliphatic rings. The first-order valence-electron chi connectivity index (χ1n) is 6.91. The minimum atomic E-state index is -2.37. The highest BCUT2D eigenvalue weighted by atomic mass is 32.2. The predicted octanol–water partition coefficient (Wildman–Crippen LogP) is 2.62. The lowest BCUT2D eigenvalue weighted by Gasteiger charge is -2.42. The van der Waals surface area contributed by atoms with E-state index in [1.165, 1.54) is 0 Å². The van der Waals surface area contributed by atoms with Gasteiger partial charge < -0.3 is 9.29 Å². The molecule has 1 fully saturated rings. The first-order valence-corrected chi connectivity index (χ1v) is 8.15. The summed E-state index contributed by atoms with van der Waals surface area (Å²) in [6.45, 7) is 1.62. The minimum Gasteiger partial charge on any atom is -0.772 e. The van der Waals surface area contributed by atoms with Gasteiger partial charge in [-0.05, 0) is 38.3 Å². The van der Waals surface area contributed by atoms with E-state index in [-0.39, 0.29) is 5.75 Å². The van der Waals surface area contributed by atoms with Gasteiger partial charge in [-0.1, -0.05) is 29.3 Å². The largest absolute Gasteiger partial charge is 0.772 e. The molecule has 1 aliphatic carbocycles. The van der Waals surface area contributed by atoms with Crippen molar-refractivity contribution in [2.75, 3.05) is 5.75 Å². The number of halogens is 1. The SMILES string of the molecule is CC1(OC(=O)c2ccccc2)CCCC(F)C1CS(=O)[O-]. The maximum Gasteiger partial charge on any atom is 0.338 e. The summed E-state index contributed by atoms with van der Waals surface area (Å²) in [7, 11) is 0. The molecule has 0 amide bonds. The van der Waals surface area contributed by atoms with Gasteiger partial charge >= 0.3 is 5.97 Å². The third kappa shape index (κ3) is 3.89. The average Bonchev–Trinajstić information content (AvgIpc) is 2.44. The fraction of sp³-hybridized carbons (Fsp3) is 0.533. The normalized spacial score (nSPS) is 30.6. The maximum atomic E-state index is 14.1. The molecule has 0 heterocycles. The van der Waals surface area contributed by atoms with E-state index in [1.807, 2.05) is 0 Å². The minimum absolute atomic E-state index is 0.306. The van der Waals surface area contributed by atoms with Gasteiger partial charge in [-0.15, -0.1) is 0 Å². The van der Waals surface area contributed by atoms with E-state index in [0.29, 0.717) is 24.8 Å². The van der Waals surface area contributed by atoms with Crippen LogP contribution in [0.4, 0.5) is 4.39 Å². The Morgan fingerprint density at radius 1 is 1.48 bits per heavy atom. The van der Waals surface area contributed by atoms with Crippen LogP contribution in [0.1, 0.15) is 36.5 Å². The summed E-state index contributed by atoms with van der Waals surface area (Å²) in [5.74, 6) is -1.70. The lowest BCUT2D eigenvalue weighted by Crippen LogP contribution is -2.49. The van der Waals surface area contributed by atoms with Crippen molar-refractivity contribution in [3.63, 3.8) is 0 Å². The zero-order chi connectivity index (χ0) is 15.5. The van der Waals surface area contributed by atoms with Crippen LogP contribution >= 0.6 is 0 Å². The smallest absolute Gasteiger partial charge is 0.338 e. The Balaban J connectivity index is 2.17. The molecule has 2 rings (SSSR count). The Labute approximate surface area is 126 Å². The van der Waals surface area contributed by atoms with E-state index in [0.717, 1.165) is 0 Å². The standard InChI is InChI=1S/C15H19FO4S/c1-15(20-14(17)11-6-3-2-4-7-11)9-5-8-13(16)12(15)10-21(18)19/h2-4,6-7,12-13H,5,8-10H2,1H3,(H,18,19)/p-1. The summed E-state index contributed by atoms with van der Waals surface area (Å²) in [4.78, 5) is 12.2. The van der Waals surface area contributed by atoms with Crippen LogP contribution in [0.3, 0.4) is 0 Å². The molecule has 4 unspecified atom stereocenters. The third-order valence-corrected chi connectivity index (χ3v) is 4.66. The molecular formula is C15H18FO4S-. The van der Waals surface area contributed by atoms with Gasteiger partial charge in [-0.25, -0.2) is 9.18 Å². The molecule has 0 aliphatic heterocycles. The number of esters is 1. The van der Waals surface area contributed by atoms with E-state index in [9.17, 15) is 17.9 Å². The Morgan fingerprint density at radius 3 is 2.76 bits per heavy atom. The summed E-state index contributed by atoms with van der Waals surface area (Å²) in [5.41, 5.74) is -0.716. The topological polar surface area (TPSA) is 66.4 Å². The summed E-state index contributed by atoms with van der Waals surface area (Å²) < 4.78 is 41.5. The summed E-state index contributed by atoms with van der Waals surface area (Å²) in [6, 6.07) is 8.42. The Kier molecular flexibility index (Phi) is 5.11. The molecule has 0 N–H and O–H groups in total. The van der Waals surface area contributed by atoms with Gasteiger partial charge in [0, 0.05) is 11.7 Å². The molecule has 116 valence electrons. The third-order valence-electron chi connectivity index (χ3n) is 4.03. The van der Waals surface area contributed by atoms with Gasteiger partial charge in [0.25, 0.3) is 0 Å². The van der Waals surface area contributed by atoms with Crippen molar-refractivity contribution in [2.24, 2.45) is 5.92 Å². The Morgan fingerprint density at radius 2 is 2.14 bits per heavy atom. The average molecular weight is 313 g/mol. The molecule has 6 heteroatoms. The van der Waals surface area contributed by atoms with E-state index in [1.54, 1.807) is 37.3 Å². The van der Waals surface area contributed by atoms with Crippen LogP contribution in [-0.2, 0) is 15.8 Å². The maximum absolute atomic E-state index is 14.1. The molecule has 0 radical (unpaired) electrons. The zero-order valence-corrected chi connectivity index (χ0v) is 12.6. The Bertz CT molecular complexity index is 522.